The molecule has 3 N–H and O–H groups in total. The molecule has 4 nitrogen and oxygen atoms in total. The molecule has 1 aromatic rings. The molecule has 0 saturated carbocycles. The van der Waals surface area contributed by atoms with Gasteiger partial charge in [0.25, 0.3) is 5.91 Å². The number of nitrogens with one attached hydrogen (secondary N) is 1. The molecule has 19 heavy (non-hydrogen) atoms. The lowest BCUT2D eigenvalue weighted by Gasteiger charge is -2.31. The van der Waals surface area contributed by atoms with Crippen LogP contribution in [0, 0.1) is 0 Å². The van der Waals surface area contributed by atoms with Crippen LogP contribution in [0.25, 0.3) is 0 Å². The third kappa shape index (κ3) is 3.14. The van der Waals surface area contributed by atoms with Crippen molar-refractivity contribution in [3.05, 3.63) is 29.8 Å². The van der Waals surface area contributed by atoms with E-state index in [0.717, 1.165) is 24.1 Å². The van der Waals surface area contributed by atoms with Crippen LogP contribution >= 0.6 is 0 Å². The Labute approximate surface area is 114 Å². The summed E-state index contributed by atoms with van der Waals surface area (Å²) in [5.41, 5.74) is 7.37. The predicted octanol–water partition coefficient (Wildman–Crippen LogP) is 2.08. The number of para-hydroxylation sites is 1. The van der Waals surface area contributed by atoms with Gasteiger partial charge in [-0.05, 0) is 37.8 Å². The van der Waals surface area contributed by atoms with Gasteiger partial charge in [-0.1, -0.05) is 25.1 Å². The average molecular weight is 262 g/mol. The Bertz CT molecular complexity index is 455. The van der Waals surface area contributed by atoms with Gasteiger partial charge in [0.15, 0.2) is 0 Å². The summed E-state index contributed by atoms with van der Waals surface area (Å²) in [4.78, 5) is 12.2. The number of anilines is 1. The highest BCUT2D eigenvalue weighted by atomic mass is 16.5. The fraction of sp³-hybridized carbons (Fsp3) is 0.533. The van der Waals surface area contributed by atoms with E-state index in [2.05, 4.69) is 5.32 Å². The first-order chi connectivity index (χ1) is 9.08. The number of fused-ring (bicyclic) bond motifs is 1. The maximum atomic E-state index is 12.2. The molecule has 4 heteroatoms. The first-order valence-electron chi connectivity index (χ1n) is 6.84. The van der Waals surface area contributed by atoms with E-state index in [1.54, 1.807) is 0 Å². The van der Waals surface area contributed by atoms with Crippen LogP contribution in [-0.2, 0) is 16.0 Å². The topological polar surface area (TPSA) is 64.3 Å². The lowest BCUT2D eigenvalue weighted by Crippen LogP contribution is -2.44. The van der Waals surface area contributed by atoms with Gasteiger partial charge in [0, 0.05) is 12.2 Å². The maximum absolute atomic E-state index is 12.2. The minimum absolute atomic E-state index is 0.0712. The average Bonchev–Trinajstić information content (AvgIpc) is 2.58. The molecule has 1 aliphatic rings. The van der Waals surface area contributed by atoms with Crippen molar-refractivity contribution in [1.29, 1.82) is 0 Å². The Morgan fingerprint density at radius 3 is 2.89 bits per heavy atom. The Morgan fingerprint density at radius 2 is 2.21 bits per heavy atom. The van der Waals surface area contributed by atoms with Crippen molar-refractivity contribution >= 4 is 11.6 Å². The van der Waals surface area contributed by atoms with Gasteiger partial charge in [0.2, 0.25) is 0 Å². The summed E-state index contributed by atoms with van der Waals surface area (Å²) in [5, 5.41) is 2.94. The maximum Gasteiger partial charge on any atom is 0.253 e. The van der Waals surface area contributed by atoms with Gasteiger partial charge < -0.3 is 15.8 Å². The van der Waals surface area contributed by atoms with Crippen LogP contribution in [-0.4, -0.2) is 24.2 Å². The second-order valence-corrected chi connectivity index (χ2v) is 5.30. The number of hydrogen-bond donors (Lipinski definition) is 2. The van der Waals surface area contributed by atoms with E-state index in [9.17, 15) is 4.79 Å². The Kier molecular flexibility index (Phi) is 4.22. The van der Waals surface area contributed by atoms with Crippen molar-refractivity contribution in [3.8, 4) is 0 Å². The van der Waals surface area contributed by atoms with Crippen LogP contribution in [0.4, 0.5) is 5.69 Å². The fourth-order valence-corrected chi connectivity index (χ4v) is 2.22. The summed E-state index contributed by atoms with van der Waals surface area (Å²) in [6, 6.07) is 7.88. The number of ether oxygens (including phenoxy) is 1. The molecule has 2 unspecified atom stereocenters. The van der Waals surface area contributed by atoms with Crippen molar-refractivity contribution in [3.63, 3.8) is 0 Å². The van der Waals surface area contributed by atoms with E-state index in [1.165, 1.54) is 0 Å². The summed E-state index contributed by atoms with van der Waals surface area (Å²) in [7, 11) is 0. The predicted molar refractivity (Wildman–Crippen MR) is 76.0 cm³/mol. The number of carbonyl (C=O) groups excluding carboxylic acids is 1. The molecular formula is C15H22N2O2. The second kappa shape index (κ2) is 5.72. The number of hydrogen-bond acceptors (Lipinski definition) is 3. The molecule has 104 valence electrons. The third-order valence-electron chi connectivity index (χ3n) is 3.85. The zero-order chi connectivity index (χ0) is 13.9. The van der Waals surface area contributed by atoms with E-state index in [1.807, 2.05) is 38.1 Å². The van der Waals surface area contributed by atoms with Crippen molar-refractivity contribution in [2.45, 2.75) is 44.8 Å². The normalized spacial score (nSPS) is 22.1. The lowest BCUT2D eigenvalue weighted by molar-refractivity contribution is -0.140. The molecule has 0 aromatic heterocycles. The summed E-state index contributed by atoms with van der Waals surface area (Å²) < 4.78 is 5.96. The molecule has 1 heterocycles. The minimum Gasteiger partial charge on any atom is -0.361 e. The van der Waals surface area contributed by atoms with Gasteiger partial charge in [0.05, 0.1) is 5.60 Å². The second-order valence-electron chi connectivity index (χ2n) is 5.30. The quantitative estimate of drug-likeness (QED) is 0.873. The largest absolute Gasteiger partial charge is 0.361 e. The van der Waals surface area contributed by atoms with Gasteiger partial charge in [-0.2, -0.15) is 0 Å². The van der Waals surface area contributed by atoms with Crippen LogP contribution in [0.5, 0.6) is 0 Å². The lowest BCUT2D eigenvalue weighted by atomic mass is 10.0. The third-order valence-corrected chi connectivity index (χ3v) is 3.85. The molecule has 1 amide bonds. The number of rotatable bonds is 4. The van der Waals surface area contributed by atoms with Crippen LogP contribution in [0.15, 0.2) is 24.3 Å². The first-order valence-corrected chi connectivity index (χ1v) is 6.84. The summed E-state index contributed by atoms with van der Waals surface area (Å²) >= 11 is 0. The SMILES string of the molecule is CCC(C)(CN)OC1CCc2ccccc2NC1=O. The molecule has 0 fully saturated rings. The van der Waals surface area contributed by atoms with E-state index >= 15 is 0 Å². The van der Waals surface area contributed by atoms with E-state index in [-0.39, 0.29) is 5.91 Å². The minimum atomic E-state index is -0.432. The van der Waals surface area contributed by atoms with Crippen molar-refractivity contribution in [1.82, 2.24) is 0 Å². The number of nitrogens with two attached hydrogens (primary N) is 1. The molecule has 2 rings (SSSR count). The van der Waals surface area contributed by atoms with Crippen LogP contribution in [0.3, 0.4) is 0 Å². The van der Waals surface area contributed by atoms with E-state index in [0.29, 0.717) is 13.0 Å². The Morgan fingerprint density at radius 1 is 1.47 bits per heavy atom. The highest BCUT2D eigenvalue weighted by Gasteiger charge is 2.31. The monoisotopic (exact) mass is 262 g/mol. The van der Waals surface area contributed by atoms with Gasteiger partial charge in [-0.3, -0.25) is 4.79 Å². The molecule has 0 radical (unpaired) electrons. The van der Waals surface area contributed by atoms with Crippen molar-refractivity contribution in [2.75, 3.05) is 11.9 Å². The zero-order valence-corrected chi connectivity index (χ0v) is 11.6. The van der Waals surface area contributed by atoms with Gasteiger partial charge >= 0.3 is 0 Å². The molecular weight excluding hydrogens is 240 g/mol. The zero-order valence-electron chi connectivity index (χ0n) is 11.6. The standard InChI is InChI=1S/C15H22N2O2/c1-3-15(2,10-16)19-13-9-8-11-6-4-5-7-12(11)17-14(13)18/h4-7,13H,3,8-10,16H2,1-2H3,(H,17,18). The number of carbonyl (C=O) groups is 1. The highest BCUT2D eigenvalue weighted by Crippen LogP contribution is 2.25. The number of amides is 1. The molecule has 0 aliphatic carbocycles. The first kappa shape index (κ1) is 14.0. The van der Waals surface area contributed by atoms with Crippen LogP contribution in [0.2, 0.25) is 0 Å². The Hall–Kier alpha value is -1.39. The van der Waals surface area contributed by atoms with Crippen LogP contribution < -0.4 is 11.1 Å². The fourth-order valence-electron chi connectivity index (χ4n) is 2.22. The number of aryl methyl sites for hydroxylation is 1. The number of benzene rings is 1. The summed E-state index contributed by atoms with van der Waals surface area (Å²) in [6.45, 7) is 4.40. The van der Waals surface area contributed by atoms with Crippen molar-refractivity contribution in [2.24, 2.45) is 5.73 Å². The molecule has 1 aliphatic heterocycles. The van der Waals surface area contributed by atoms with Gasteiger partial charge in [0.1, 0.15) is 6.10 Å². The van der Waals surface area contributed by atoms with Gasteiger partial charge in [-0.25, -0.2) is 0 Å². The molecule has 1 aromatic carbocycles. The molecule has 0 spiro atoms. The smallest absolute Gasteiger partial charge is 0.253 e. The van der Waals surface area contributed by atoms with Crippen molar-refractivity contribution < 1.29 is 9.53 Å². The Balaban J connectivity index is 2.12. The van der Waals surface area contributed by atoms with Crippen LogP contribution in [0.1, 0.15) is 32.3 Å². The van der Waals surface area contributed by atoms with E-state index < -0.39 is 11.7 Å². The molecule has 0 bridgehead atoms. The molecule has 0 saturated heterocycles. The van der Waals surface area contributed by atoms with Gasteiger partial charge in [-0.15, -0.1) is 0 Å². The summed E-state index contributed by atoms with van der Waals surface area (Å²) in [6.07, 6.45) is 1.89. The highest BCUT2D eigenvalue weighted by molar-refractivity contribution is 5.95. The van der Waals surface area contributed by atoms with E-state index in [4.69, 9.17) is 10.5 Å². The summed E-state index contributed by atoms with van der Waals surface area (Å²) in [5.74, 6) is -0.0712. The molecule has 2 atom stereocenters.